The van der Waals surface area contributed by atoms with E-state index in [1.165, 1.54) is 0 Å². The van der Waals surface area contributed by atoms with Crippen LogP contribution in [0.25, 0.3) is 0 Å². The molecular weight excluding hydrogens is 292 g/mol. The van der Waals surface area contributed by atoms with E-state index in [2.05, 4.69) is 6.92 Å². The van der Waals surface area contributed by atoms with Gasteiger partial charge in [0.1, 0.15) is 0 Å². The minimum Gasteiger partial charge on any atom is -0.481 e. The average molecular weight is 315 g/mol. The third kappa shape index (κ3) is 6.93. The number of hydrogen-bond donors (Lipinski definition) is 2. The lowest BCUT2D eigenvalue weighted by Gasteiger charge is -2.17. The molecule has 118 valence electrons. The Morgan fingerprint density at radius 1 is 1.38 bits per heavy atom. The van der Waals surface area contributed by atoms with Crippen molar-refractivity contribution >= 4 is 17.6 Å². The van der Waals surface area contributed by atoms with Gasteiger partial charge in [0.25, 0.3) is 0 Å². The van der Waals surface area contributed by atoms with Gasteiger partial charge in [0.05, 0.1) is 18.6 Å². The predicted molar refractivity (Wildman–Crippen MR) is 82.6 cm³/mol. The smallest absolute Gasteiger partial charge is 0.306 e. The lowest BCUT2D eigenvalue weighted by Crippen LogP contribution is -2.26. The molecule has 0 aliphatic rings. The molecule has 0 aliphatic carbocycles. The normalized spacial score (nSPS) is 13.9. The second-order valence-electron chi connectivity index (χ2n) is 5.15. The van der Waals surface area contributed by atoms with E-state index in [1.54, 1.807) is 12.1 Å². The summed E-state index contributed by atoms with van der Waals surface area (Å²) in [4.78, 5) is 11.3. The van der Waals surface area contributed by atoms with Gasteiger partial charge in [-0.25, -0.2) is 0 Å². The van der Waals surface area contributed by atoms with Gasteiger partial charge in [0, 0.05) is 11.6 Å². The molecule has 0 amide bonds. The summed E-state index contributed by atoms with van der Waals surface area (Å²) in [6, 6.07) is 7.17. The molecule has 0 aromatic heterocycles. The maximum Gasteiger partial charge on any atom is 0.306 e. The van der Waals surface area contributed by atoms with E-state index in [0.29, 0.717) is 18.1 Å². The molecule has 0 saturated carbocycles. The summed E-state index contributed by atoms with van der Waals surface area (Å²) in [5.74, 6) is -1.60. The number of hydrogen-bond acceptors (Lipinski definition) is 3. The van der Waals surface area contributed by atoms with Gasteiger partial charge in [-0.15, -0.1) is 0 Å². The highest BCUT2D eigenvalue weighted by Crippen LogP contribution is 2.21. The highest BCUT2D eigenvalue weighted by molar-refractivity contribution is 6.31. The lowest BCUT2D eigenvalue weighted by molar-refractivity contribution is -0.143. The van der Waals surface area contributed by atoms with Crippen molar-refractivity contribution in [2.75, 3.05) is 13.2 Å². The number of carboxylic acid groups (broad SMARTS) is 1. The van der Waals surface area contributed by atoms with Gasteiger partial charge in [0.15, 0.2) is 0 Å². The van der Waals surface area contributed by atoms with Crippen LogP contribution in [0.3, 0.4) is 0 Å². The number of aliphatic hydroxyl groups is 1. The first-order valence-electron chi connectivity index (χ1n) is 7.26. The number of aliphatic hydroxyl groups excluding tert-OH is 1. The molecule has 0 heterocycles. The molecule has 2 atom stereocenters. The summed E-state index contributed by atoms with van der Waals surface area (Å²) in [6.07, 6.45) is 1.66. The van der Waals surface area contributed by atoms with E-state index in [-0.39, 0.29) is 13.0 Å². The third-order valence-corrected chi connectivity index (χ3v) is 3.65. The Balaban J connectivity index is 2.50. The zero-order valence-corrected chi connectivity index (χ0v) is 13.1. The SMILES string of the molecule is CCCCOCC(O)CC(Cc1ccccc1Cl)C(=O)O. The van der Waals surface area contributed by atoms with Crippen molar-refractivity contribution in [3.63, 3.8) is 0 Å². The van der Waals surface area contributed by atoms with Crippen LogP contribution in [0.5, 0.6) is 0 Å². The van der Waals surface area contributed by atoms with Gasteiger partial charge in [-0.3, -0.25) is 4.79 Å². The van der Waals surface area contributed by atoms with Crippen molar-refractivity contribution in [2.24, 2.45) is 5.92 Å². The molecule has 0 bridgehead atoms. The molecule has 5 heteroatoms. The number of carbonyl (C=O) groups is 1. The zero-order valence-electron chi connectivity index (χ0n) is 12.3. The van der Waals surface area contributed by atoms with Crippen LogP contribution in [0.4, 0.5) is 0 Å². The van der Waals surface area contributed by atoms with Crippen molar-refractivity contribution in [3.8, 4) is 0 Å². The summed E-state index contributed by atoms with van der Waals surface area (Å²) in [6.45, 7) is 2.83. The maximum atomic E-state index is 11.3. The number of ether oxygens (including phenoxy) is 1. The molecule has 0 saturated heterocycles. The molecule has 21 heavy (non-hydrogen) atoms. The Labute approximate surface area is 130 Å². The standard InChI is InChI=1S/C16H23ClO4/c1-2-3-8-21-11-14(18)10-13(16(19)20)9-12-6-4-5-7-15(12)17/h4-7,13-14,18H,2-3,8-11H2,1H3,(H,19,20). The molecule has 0 fully saturated rings. The van der Waals surface area contributed by atoms with Gasteiger partial charge in [0.2, 0.25) is 0 Å². The Morgan fingerprint density at radius 2 is 2.10 bits per heavy atom. The largest absolute Gasteiger partial charge is 0.481 e. The molecule has 0 aliphatic heterocycles. The van der Waals surface area contributed by atoms with E-state index >= 15 is 0 Å². The van der Waals surface area contributed by atoms with Crippen LogP contribution in [-0.4, -0.2) is 35.5 Å². The summed E-state index contributed by atoms with van der Waals surface area (Å²) in [7, 11) is 0. The van der Waals surface area contributed by atoms with Gasteiger partial charge in [-0.1, -0.05) is 43.1 Å². The highest BCUT2D eigenvalue weighted by atomic mass is 35.5. The molecule has 2 N–H and O–H groups in total. The average Bonchev–Trinajstić information content (AvgIpc) is 2.45. The van der Waals surface area contributed by atoms with E-state index in [9.17, 15) is 15.0 Å². The molecule has 4 nitrogen and oxygen atoms in total. The maximum absolute atomic E-state index is 11.3. The molecule has 2 unspecified atom stereocenters. The molecule has 0 radical (unpaired) electrons. The van der Waals surface area contributed by atoms with Crippen molar-refractivity contribution in [3.05, 3.63) is 34.9 Å². The van der Waals surface area contributed by atoms with Crippen LogP contribution >= 0.6 is 11.6 Å². The Bertz CT molecular complexity index is 436. The number of carboxylic acids is 1. The van der Waals surface area contributed by atoms with Crippen molar-refractivity contribution in [1.82, 2.24) is 0 Å². The number of unbranched alkanes of at least 4 members (excludes halogenated alkanes) is 1. The topological polar surface area (TPSA) is 66.8 Å². The first kappa shape index (κ1) is 18.0. The second-order valence-corrected chi connectivity index (χ2v) is 5.56. The van der Waals surface area contributed by atoms with Crippen LogP contribution < -0.4 is 0 Å². The molecule has 0 spiro atoms. The molecule has 1 aromatic carbocycles. The van der Waals surface area contributed by atoms with Crippen LogP contribution in [0.15, 0.2) is 24.3 Å². The van der Waals surface area contributed by atoms with Crippen LogP contribution in [0.2, 0.25) is 5.02 Å². The van der Waals surface area contributed by atoms with Crippen molar-refractivity contribution < 1.29 is 19.7 Å². The summed E-state index contributed by atoms with van der Waals surface area (Å²) in [5, 5.41) is 19.7. The number of rotatable bonds is 10. The van der Waals surface area contributed by atoms with Crippen LogP contribution in [0, 0.1) is 5.92 Å². The quantitative estimate of drug-likeness (QED) is 0.651. The molecule has 1 rings (SSSR count). The minimum absolute atomic E-state index is 0.159. The van der Waals surface area contributed by atoms with Crippen molar-refractivity contribution in [1.29, 1.82) is 0 Å². The monoisotopic (exact) mass is 314 g/mol. The first-order chi connectivity index (χ1) is 10.0. The minimum atomic E-state index is -0.928. The summed E-state index contributed by atoms with van der Waals surface area (Å²) < 4.78 is 5.32. The van der Waals surface area contributed by atoms with E-state index in [1.807, 2.05) is 12.1 Å². The van der Waals surface area contributed by atoms with Crippen LogP contribution in [-0.2, 0) is 16.0 Å². The van der Waals surface area contributed by atoms with E-state index < -0.39 is 18.0 Å². The van der Waals surface area contributed by atoms with E-state index in [0.717, 1.165) is 18.4 Å². The fourth-order valence-electron chi connectivity index (χ4n) is 2.06. The summed E-state index contributed by atoms with van der Waals surface area (Å²) >= 11 is 6.05. The fourth-order valence-corrected chi connectivity index (χ4v) is 2.28. The molecular formula is C16H23ClO4. The predicted octanol–water partition coefficient (Wildman–Crippen LogP) is 3.15. The third-order valence-electron chi connectivity index (χ3n) is 3.28. The number of halogens is 1. The fraction of sp³-hybridized carbons (Fsp3) is 0.562. The van der Waals surface area contributed by atoms with Crippen LogP contribution in [0.1, 0.15) is 31.7 Å². The zero-order chi connectivity index (χ0) is 15.7. The number of benzene rings is 1. The van der Waals surface area contributed by atoms with Gasteiger partial charge in [-0.05, 0) is 30.9 Å². The Morgan fingerprint density at radius 3 is 2.71 bits per heavy atom. The summed E-state index contributed by atoms with van der Waals surface area (Å²) in [5.41, 5.74) is 0.783. The first-order valence-corrected chi connectivity index (χ1v) is 7.64. The van der Waals surface area contributed by atoms with Gasteiger partial charge >= 0.3 is 5.97 Å². The van der Waals surface area contributed by atoms with Crippen molar-refractivity contribution in [2.45, 2.75) is 38.7 Å². The molecule has 1 aromatic rings. The van der Waals surface area contributed by atoms with Gasteiger partial charge in [-0.2, -0.15) is 0 Å². The second kappa shape index (κ2) is 9.77. The lowest BCUT2D eigenvalue weighted by atomic mass is 9.94. The number of aliphatic carboxylic acids is 1. The Hall–Kier alpha value is -1.10. The van der Waals surface area contributed by atoms with Gasteiger partial charge < -0.3 is 14.9 Å². The van der Waals surface area contributed by atoms with E-state index in [4.69, 9.17) is 16.3 Å². The highest BCUT2D eigenvalue weighted by Gasteiger charge is 2.22. The Kier molecular flexibility index (Phi) is 8.35.